The van der Waals surface area contributed by atoms with E-state index >= 15 is 0 Å². The summed E-state index contributed by atoms with van der Waals surface area (Å²) in [5.41, 5.74) is 0.742. The fourth-order valence-corrected chi connectivity index (χ4v) is 3.96. The maximum Gasteiger partial charge on any atom is 0.175 e. The summed E-state index contributed by atoms with van der Waals surface area (Å²) in [4.78, 5) is 8.24. The molecule has 0 radical (unpaired) electrons. The molecule has 1 N–H and O–H groups in total. The first-order chi connectivity index (χ1) is 14.7. The lowest BCUT2D eigenvalue weighted by molar-refractivity contribution is 0.580. The van der Waals surface area contributed by atoms with E-state index in [4.69, 9.17) is 0 Å². The Morgan fingerprint density at radius 2 is 1.65 bits per heavy atom. The number of halogens is 3. The van der Waals surface area contributed by atoms with E-state index in [0.29, 0.717) is 16.5 Å². The molecular formula is C22H16F3N3O2S. The van der Waals surface area contributed by atoms with Gasteiger partial charge in [-0.25, -0.2) is 31.6 Å². The van der Waals surface area contributed by atoms with Gasteiger partial charge in [-0.2, -0.15) is 0 Å². The molecule has 9 heteroatoms. The molecule has 0 aliphatic rings. The molecule has 0 saturated carbocycles. The van der Waals surface area contributed by atoms with Crippen LogP contribution in [0, 0.1) is 17.5 Å². The minimum absolute atomic E-state index is 0.0206. The molecule has 0 spiro atoms. The lowest BCUT2D eigenvalue weighted by Gasteiger charge is -2.22. The molecule has 0 saturated heterocycles. The summed E-state index contributed by atoms with van der Waals surface area (Å²) in [5.74, 6) is -1.70. The Labute approximate surface area is 176 Å². The first kappa shape index (κ1) is 20.8. The van der Waals surface area contributed by atoms with Crippen molar-refractivity contribution >= 4 is 26.6 Å². The number of hydrogen-bond acceptors (Lipinski definition) is 5. The molecule has 1 unspecified atom stereocenters. The van der Waals surface area contributed by atoms with Crippen molar-refractivity contribution in [2.24, 2.45) is 0 Å². The minimum atomic E-state index is -3.54. The van der Waals surface area contributed by atoms with E-state index in [2.05, 4.69) is 15.3 Å². The summed E-state index contributed by atoms with van der Waals surface area (Å²) in [5, 5.41) is 3.35. The van der Waals surface area contributed by atoms with Crippen molar-refractivity contribution < 1.29 is 21.6 Å². The van der Waals surface area contributed by atoms with Gasteiger partial charge in [0.1, 0.15) is 29.6 Å². The van der Waals surface area contributed by atoms with Crippen LogP contribution in [-0.2, 0) is 9.84 Å². The molecule has 0 aliphatic carbocycles. The van der Waals surface area contributed by atoms with Gasteiger partial charge in [-0.1, -0.05) is 12.1 Å². The fourth-order valence-electron chi connectivity index (χ4n) is 3.28. The third-order valence-corrected chi connectivity index (χ3v) is 5.88. The number of benzene rings is 3. The number of sulfone groups is 1. The summed E-state index contributed by atoms with van der Waals surface area (Å²) < 4.78 is 66.6. The first-order valence-electron chi connectivity index (χ1n) is 9.14. The summed E-state index contributed by atoms with van der Waals surface area (Å²) in [7, 11) is -3.54. The van der Waals surface area contributed by atoms with Crippen LogP contribution in [0.4, 0.5) is 19.0 Å². The second kappa shape index (κ2) is 7.99. The van der Waals surface area contributed by atoms with Crippen LogP contribution in [0.15, 0.2) is 71.9 Å². The van der Waals surface area contributed by atoms with Crippen molar-refractivity contribution in [3.05, 3.63) is 95.6 Å². The van der Waals surface area contributed by atoms with Gasteiger partial charge in [0.25, 0.3) is 0 Å². The summed E-state index contributed by atoms with van der Waals surface area (Å²) in [6.45, 7) is 0. The molecule has 0 bridgehead atoms. The molecule has 31 heavy (non-hydrogen) atoms. The second-order valence-electron chi connectivity index (χ2n) is 6.97. The third-order valence-electron chi connectivity index (χ3n) is 4.77. The van der Waals surface area contributed by atoms with Gasteiger partial charge in [-0.3, -0.25) is 0 Å². The number of aromatic nitrogens is 2. The number of hydrogen-bond donors (Lipinski definition) is 1. The van der Waals surface area contributed by atoms with E-state index in [1.165, 1.54) is 42.7 Å². The summed E-state index contributed by atoms with van der Waals surface area (Å²) in [6.07, 6.45) is 2.31. The monoisotopic (exact) mass is 443 g/mol. The van der Waals surface area contributed by atoms with Crippen molar-refractivity contribution in [3.63, 3.8) is 0 Å². The molecule has 1 atom stereocenters. The minimum Gasteiger partial charge on any atom is -0.358 e. The molecule has 0 amide bonds. The van der Waals surface area contributed by atoms with Crippen molar-refractivity contribution in [1.82, 2.24) is 9.97 Å². The van der Waals surface area contributed by atoms with Crippen LogP contribution < -0.4 is 5.32 Å². The lowest BCUT2D eigenvalue weighted by atomic mass is 9.97. The lowest BCUT2D eigenvalue weighted by Crippen LogP contribution is -2.16. The Morgan fingerprint density at radius 1 is 0.903 bits per heavy atom. The number of anilines is 1. The Morgan fingerprint density at radius 3 is 2.42 bits per heavy atom. The average Bonchev–Trinajstić information content (AvgIpc) is 2.73. The molecule has 158 valence electrons. The van der Waals surface area contributed by atoms with Crippen molar-refractivity contribution in [1.29, 1.82) is 0 Å². The van der Waals surface area contributed by atoms with Crippen LogP contribution in [0.5, 0.6) is 0 Å². The Kier molecular flexibility index (Phi) is 5.36. The van der Waals surface area contributed by atoms with Crippen LogP contribution in [-0.4, -0.2) is 24.6 Å². The van der Waals surface area contributed by atoms with Gasteiger partial charge in [-0.05, 0) is 54.1 Å². The maximum absolute atomic E-state index is 14.7. The molecular weight excluding hydrogens is 427 g/mol. The first-order valence-corrected chi connectivity index (χ1v) is 11.0. The molecule has 5 nitrogen and oxygen atoms in total. The highest BCUT2D eigenvalue weighted by atomic mass is 32.2. The standard InChI is InChI=1S/C22H16F3N3O2S/c1-31(29,30)16-4-2-3-13(9-16)21(17-10-14(23)5-7-19(17)25)28-22-18-11-15(24)6-8-20(18)26-12-27-22/h2-12,21H,1H3,(H,26,27,28). The molecule has 1 aromatic heterocycles. The van der Waals surface area contributed by atoms with Gasteiger partial charge in [0.05, 0.1) is 16.5 Å². The Bertz CT molecular complexity index is 1390. The van der Waals surface area contributed by atoms with Crippen LogP contribution in [0.3, 0.4) is 0 Å². The van der Waals surface area contributed by atoms with Gasteiger partial charge in [-0.15, -0.1) is 0 Å². The van der Waals surface area contributed by atoms with E-state index in [-0.39, 0.29) is 16.3 Å². The molecule has 4 aromatic rings. The van der Waals surface area contributed by atoms with E-state index in [1.807, 2.05) is 0 Å². The van der Waals surface area contributed by atoms with E-state index < -0.39 is 33.3 Å². The van der Waals surface area contributed by atoms with Crippen molar-refractivity contribution in [3.8, 4) is 0 Å². The zero-order valence-corrected chi connectivity index (χ0v) is 17.0. The molecule has 4 rings (SSSR count). The highest BCUT2D eigenvalue weighted by molar-refractivity contribution is 7.90. The fraction of sp³-hybridized carbons (Fsp3) is 0.0909. The predicted octanol–water partition coefficient (Wildman–Crippen LogP) is 4.65. The van der Waals surface area contributed by atoms with E-state index in [0.717, 1.165) is 24.5 Å². The zero-order valence-electron chi connectivity index (χ0n) is 16.2. The summed E-state index contributed by atoms with van der Waals surface area (Å²) in [6, 6.07) is 11.8. The number of nitrogens with one attached hydrogen (secondary N) is 1. The van der Waals surface area contributed by atoms with Crippen LogP contribution in [0.25, 0.3) is 10.9 Å². The highest BCUT2D eigenvalue weighted by Gasteiger charge is 2.22. The Balaban J connectivity index is 1.91. The zero-order chi connectivity index (χ0) is 22.2. The van der Waals surface area contributed by atoms with Crippen molar-refractivity contribution in [2.45, 2.75) is 10.9 Å². The predicted molar refractivity (Wildman–Crippen MR) is 111 cm³/mol. The SMILES string of the molecule is CS(=O)(=O)c1cccc(C(Nc2ncnc3ccc(F)cc23)c2cc(F)ccc2F)c1. The maximum atomic E-state index is 14.7. The van der Waals surface area contributed by atoms with E-state index in [9.17, 15) is 21.6 Å². The van der Waals surface area contributed by atoms with Crippen LogP contribution in [0.2, 0.25) is 0 Å². The van der Waals surface area contributed by atoms with Gasteiger partial charge in [0.2, 0.25) is 0 Å². The number of fused-ring (bicyclic) bond motifs is 1. The van der Waals surface area contributed by atoms with Crippen molar-refractivity contribution in [2.75, 3.05) is 11.6 Å². The smallest absolute Gasteiger partial charge is 0.175 e. The molecule has 0 fully saturated rings. The molecule has 3 aromatic carbocycles. The highest BCUT2D eigenvalue weighted by Crippen LogP contribution is 2.32. The van der Waals surface area contributed by atoms with Gasteiger partial charge < -0.3 is 5.32 Å². The third kappa shape index (κ3) is 4.36. The van der Waals surface area contributed by atoms with Gasteiger partial charge in [0.15, 0.2) is 9.84 Å². The quantitative estimate of drug-likeness (QED) is 0.486. The van der Waals surface area contributed by atoms with Crippen LogP contribution in [0.1, 0.15) is 17.2 Å². The second-order valence-corrected chi connectivity index (χ2v) is 8.99. The van der Waals surface area contributed by atoms with Gasteiger partial charge >= 0.3 is 0 Å². The van der Waals surface area contributed by atoms with Crippen LogP contribution >= 0.6 is 0 Å². The largest absolute Gasteiger partial charge is 0.358 e. The number of rotatable bonds is 5. The normalized spacial score (nSPS) is 12.6. The average molecular weight is 443 g/mol. The van der Waals surface area contributed by atoms with E-state index in [1.54, 1.807) is 6.07 Å². The topological polar surface area (TPSA) is 72.0 Å². The summed E-state index contributed by atoms with van der Waals surface area (Å²) >= 11 is 0. The Hall–Kier alpha value is -3.46. The number of nitrogens with zero attached hydrogens (tertiary/aromatic N) is 2. The molecule has 1 heterocycles. The van der Waals surface area contributed by atoms with Gasteiger partial charge in [0, 0.05) is 17.2 Å². The molecule has 0 aliphatic heterocycles.